The van der Waals surface area contributed by atoms with Crippen molar-refractivity contribution in [1.29, 1.82) is 0 Å². The van der Waals surface area contributed by atoms with Gasteiger partial charge in [0.25, 0.3) is 0 Å². The second-order valence-corrected chi connectivity index (χ2v) is 5.30. The topological polar surface area (TPSA) is 40.1 Å². The highest BCUT2D eigenvalue weighted by Crippen LogP contribution is 2.28. The summed E-state index contributed by atoms with van der Waals surface area (Å²) in [5.74, 6) is -2.99. The van der Waals surface area contributed by atoms with Crippen LogP contribution in [-0.4, -0.2) is 5.97 Å². The molecule has 1 aromatic rings. The summed E-state index contributed by atoms with van der Waals surface area (Å²) < 4.78 is 13.0. The molecule has 0 N–H and O–H groups in total. The van der Waals surface area contributed by atoms with Crippen LogP contribution < -0.4 is 5.11 Å². The number of carbonyl (C=O) groups is 1. The molecule has 0 fully saturated rings. The van der Waals surface area contributed by atoms with E-state index < -0.39 is 11.8 Å². The molecule has 1 rings (SSSR count). The standard InChI is InChI=1S/C13H15FO2S/c1-7(12(14)13(15)16)5-6-11-8(2)9(3)17-10(11)4/h5-6H,1-4H3,(H,15,16)/p-1/b6-5+,12-7+. The van der Waals surface area contributed by atoms with Crippen molar-refractivity contribution in [2.45, 2.75) is 27.7 Å². The molecule has 0 saturated heterocycles. The Kier molecular flexibility index (Phi) is 4.23. The van der Waals surface area contributed by atoms with Crippen LogP contribution in [0.3, 0.4) is 0 Å². The number of thiophene rings is 1. The number of aryl methyl sites for hydroxylation is 2. The van der Waals surface area contributed by atoms with Crippen molar-refractivity contribution >= 4 is 23.4 Å². The first kappa shape index (κ1) is 13.6. The van der Waals surface area contributed by atoms with Crippen molar-refractivity contribution in [2.75, 3.05) is 0 Å². The summed E-state index contributed by atoms with van der Waals surface area (Å²) in [4.78, 5) is 12.7. The highest BCUT2D eigenvalue weighted by Gasteiger charge is 2.06. The van der Waals surface area contributed by atoms with E-state index in [9.17, 15) is 14.3 Å². The van der Waals surface area contributed by atoms with Gasteiger partial charge in [-0.2, -0.15) is 0 Å². The summed E-state index contributed by atoms with van der Waals surface area (Å²) in [6.07, 6.45) is 3.21. The Morgan fingerprint density at radius 1 is 1.29 bits per heavy atom. The first-order chi connectivity index (χ1) is 7.84. The second kappa shape index (κ2) is 5.27. The van der Waals surface area contributed by atoms with E-state index >= 15 is 0 Å². The average Bonchev–Trinajstić information content (AvgIpc) is 2.49. The highest BCUT2D eigenvalue weighted by molar-refractivity contribution is 7.12. The van der Waals surface area contributed by atoms with Crippen LogP contribution in [0.25, 0.3) is 6.08 Å². The lowest BCUT2D eigenvalue weighted by Gasteiger charge is -2.00. The molecule has 0 saturated carbocycles. The summed E-state index contributed by atoms with van der Waals surface area (Å²) in [6.45, 7) is 7.41. The molecule has 0 atom stereocenters. The van der Waals surface area contributed by atoms with Crippen LogP contribution >= 0.6 is 11.3 Å². The van der Waals surface area contributed by atoms with Gasteiger partial charge in [0.2, 0.25) is 0 Å². The predicted molar refractivity (Wildman–Crippen MR) is 66.4 cm³/mol. The second-order valence-electron chi connectivity index (χ2n) is 3.87. The smallest absolute Gasteiger partial charge is 0.148 e. The SMILES string of the molecule is CC(/C=C/c1c(C)sc(C)c1C)=C(\F)C(=O)[O-]. The van der Waals surface area contributed by atoms with Gasteiger partial charge in [-0.1, -0.05) is 12.2 Å². The zero-order chi connectivity index (χ0) is 13.2. The zero-order valence-electron chi connectivity index (χ0n) is 10.3. The van der Waals surface area contributed by atoms with E-state index in [1.165, 1.54) is 17.9 Å². The van der Waals surface area contributed by atoms with Gasteiger partial charge in [-0.05, 0) is 44.4 Å². The Morgan fingerprint density at radius 2 is 1.88 bits per heavy atom. The Labute approximate surface area is 104 Å². The number of aliphatic carboxylic acids is 1. The Balaban J connectivity index is 3.07. The van der Waals surface area contributed by atoms with Gasteiger partial charge in [-0.25, -0.2) is 4.39 Å². The van der Waals surface area contributed by atoms with Crippen molar-refractivity contribution in [3.63, 3.8) is 0 Å². The largest absolute Gasteiger partial charge is 0.542 e. The van der Waals surface area contributed by atoms with E-state index in [-0.39, 0.29) is 5.57 Å². The lowest BCUT2D eigenvalue weighted by molar-refractivity contribution is -0.301. The van der Waals surface area contributed by atoms with Gasteiger partial charge in [-0.3, -0.25) is 0 Å². The molecule has 0 radical (unpaired) electrons. The molecule has 0 bridgehead atoms. The zero-order valence-corrected chi connectivity index (χ0v) is 11.1. The van der Waals surface area contributed by atoms with E-state index in [1.54, 1.807) is 17.4 Å². The molecular weight excluding hydrogens is 239 g/mol. The third kappa shape index (κ3) is 3.03. The van der Waals surface area contributed by atoms with E-state index in [4.69, 9.17) is 0 Å². The lowest BCUT2D eigenvalue weighted by Crippen LogP contribution is -2.23. The molecule has 0 spiro atoms. The van der Waals surface area contributed by atoms with Crippen molar-refractivity contribution in [3.8, 4) is 0 Å². The number of hydrogen-bond acceptors (Lipinski definition) is 3. The number of hydrogen-bond donors (Lipinski definition) is 0. The van der Waals surface area contributed by atoms with Crippen molar-refractivity contribution < 1.29 is 14.3 Å². The maximum atomic E-state index is 13.0. The van der Waals surface area contributed by atoms with Gasteiger partial charge in [0.1, 0.15) is 11.8 Å². The van der Waals surface area contributed by atoms with Crippen LogP contribution in [0.1, 0.15) is 27.8 Å². The van der Waals surface area contributed by atoms with E-state index in [0.717, 1.165) is 16.0 Å². The fourth-order valence-electron chi connectivity index (χ4n) is 1.50. The number of carbonyl (C=O) groups excluding carboxylic acids is 1. The summed E-state index contributed by atoms with van der Waals surface area (Å²) in [6, 6.07) is 0. The van der Waals surface area contributed by atoms with Crippen LogP contribution in [0, 0.1) is 20.8 Å². The van der Waals surface area contributed by atoms with Gasteiger partial charge >= 0.3 is 0 Å². The van der Waals surface area contributed by atoms with E-state index in [2.05, 4.69) is 0 Å². The molecule has 0 aromatic carbocycles. The predicted octanol–water partition coefficient (Wildman–Crippen LogP) is 2.68. The summed E-state index contributed by atoms with van der Waals surface area (Å²) >= 11 is 1.67. The van der Waals surface area contributed by atoms with Gasteiger partial charge in [0, 0.05) is 9.75 Å². The maximum Gasteiger partial charge on any atom is 0.148 e. The van der Waals surface area contributed by atoms with Crippen LogP contribution in [0.4, 0.5) is 4.39 Å². The molecule has 0 aliphatic heterocycles. The van der Waals surface area contributed by atoms with Crippen LogP contribution in [0.15, 0.2) is 17.5 Å². The monoisotopic (exact) mass is 253 g/mol. The Hall–Kier alpha value is -1.42. The Morgan fingerprint density at radius 3 is 2.29 bits per heavy atom. The van der Waals surface area contributed by atoms with E-state index in [0.29, 0.717) is 0 Å². The fourth-order valence-corrected chi connectivity index (χ4v) is 2.55. The van der Waals surface area contributed by atoms with Crippen LogP contribution in [-0.2, 0) is 4.79 Å². The third-order valence-electron chi connectivity index (χ3n) is 2.64. The first-order valence-corrected chi connectivity index (χ1v) is 5.98. The maximum absolute atomic E-state index is 13.0. The average molecular weight is 253 g/mol. The molecule has 1 heterocycles. The lowest BCUT2D eigenvalue weighted by atomic mass is 10.1. The minimum absolute atomic E-state index is 0.0626. The number of allylic oxidation sites excluding steroid dienone is 2. The van der Waals surface area contributed by atoms with Gasteiger partial charge in [0.15, 0.2) is 0 Å². The summed E-state index contributed by atoms with van der Waals surface area (Å²) in [5.41, 5.74) is 2.23. The van der Waals surface area contributed by atoms with Crippen molar-refractivity contribution in [3.05, 3.63) is 38.4 Å². The summed E-state index contributed by atoms with van der Waals surface area (Å²) in [7, 11) is 0. The molecule has 0 aliphatic rings. The molecule has 17 heavy (non-hydrogen) atoms. The quantitative estimate of drug-likeness (QED) is 0.613. The molecular formula is C13H14FO2S-. The number of halogens is 1. The minimum Gasteiger partial charge on any atom is -0.542 e. The summed E-state index contributed by atoms with van der Waals surface area (Å²) in [5, 5.41) is 10.3. The fraction of sp³-hybridized carbons (Fsp3) is 0.308. The normalized spacial score (nSPS) is 13.0. The van der Waals surface area contributed by atoms with E-state index in [1.807, 2.05) is 20.8 Å². The Bertz CT molecular complexity index is 510. The van der Waals surface area contributed by atoms with Crippen molar-refractivity contribution in [2.24, 2.45) is 0 Å². The van der Waals surface area contributed by atoms with Gasteiger partial charge in [0.05, 0.1) is 0 Å². The molecule has 4 heteroatoms. The molecule has 2 nitrogen and oxygen atoms in total. The number of rotatable bonds is 3. The molecule has 1 aromatic heterocycles. The molecule has 92 valence electrons. The minimum atomic E-state index is -1.78. The molecule has 0 aliphatic carbocycles. The van der Waals surface area contributed by atoms with Crippen LogP contribution in [0.2, 0.25) is 0 Å². The molecule has 0 amide bonds. The number of carboxylic acid groups (broad SMARTS) is 1. The highest BCUT2D eigenvalue weighted by atomic mass is 32.1. The third-order valence-corrected chi connectivity index (χ3v) is 3.78. The van der Waals surface area contributed by atoms with Gasteiger partial charge < -0.3 is 9.90 Å². The van der Waals surface area contributed by atoms with Gasteiger partial charge in [-0.15, -0.1) is 11.3 Å². The van der Waals surface area contributed by atoms with Crippen LogP contribution in [0.5, 0.6) is 0 Å². The first-order valence-electron chi connectivity index (χ1n) is 5.17. The molecule has 0 unspecified atom stereocenters. The van der Waals surface area contributed by atoms with Crippen molar-refractivity contribution in [1.82, 2.24) is 0 Å². The number of carboxylic acids is 1.